The van der Waals surface area contributed by atoms with Gasteiger partial charge in [-0.05, 0) is 37.0 Å². The molecule has 0 amide bonds. The van der Waals surface area contributed by atoms with E-state index in [2.05, 4.69) is 45.9 Å². The third-order valence-corrected chi connectivity index (χ3v) is 2.44. The van der Waals surface area contributed by atoms with Crippen LogP contribution < -0.4 is 4.74 Å². The van der Waals surface area contributed by atoms with E-state index in [1.807, 2.05) is 6.07 Å². The minimum Gasteiger partial charge on any atom is -0.491 e. The van der Waals surface area contributed by atoms with Crippen LogP contribution in [0.3, 0.4) is 0 Å². The Bertz CT molecular complexity index is 278. The Hall–Kier alpha value is -0.980. The van der Waals surface area contributed by atoms with Crippen molar-refractivity contribution in [2.75, 3.05) is 0 Å². The van der Waals surface area contributed by atoms with Gasteiger partial charge in [-0.15, -0.1) is 0 Å². The van der Waals surface area contributed by atoms with Gasteiger partial charge in [0, 0.05) is 0 Å². The highest BCUT2D eigenvalue weighted by Gasteiger charge is 2.03. The molecule has 0 radical (unpaired) electrons. The summed E-state index contributed by atoms with van der Waals surface area (Å²) in [4.78, 5) is 0. The predicted molar refractivity (Wildman–Crippen MR) is 60.9 cm³/mol. The first-order valence-corrected chi connectivity index (χ1v) is 5.40. The van der Waals surface area contributed by atoms with Gasteiger partial charge in [0.25, 0.3) is 0 Å². The van der Waals surface area contributed by atoms with Gasteiger partial charge >= 0.3 is 0 Å². The van der Waals surface area contributed by atoms with Gasteiger partial charge in [-0.3, -0.25) is 0 Å². The summed E-state index contributed by atoms with van der Waals surface area (Å²) >= 11 is 0. The lowest BCUT2D eigenvalue weighted by Crippen LogP contribution is -2.09. The molecule has 1 nitrogen and oxygen atoms in total. The maximum atomic E-state index is 5.75. The molecule has 1 unspecified atom stereocenters. The molecule has 0 aromatic heterocycles. The highest BCUT2D eigenvalue weighted by Crippen LogP contribution is 2.21. The van der Waals surface area contributed by atoms with Crippen molar-refractivity contribution < 1.29 is 4.74 Å². The van der Waals surface area contributed by atoms with Gasteiger partial charge in [0.15, 0.2) is 0 Å². The fraction of sp³-hybridized carbons (Fsp3) is 0.538. The van der Waals surface area contributed by atoms with Crippen molar-refractivity contribution in [3.63, 3.8) is 0 Å². The highest BCUT2D eigenvalue weighted by atomic mass is 16.5. The zero-order valence-corrected chi connectivity index (χ0v) is 9.58. The Morgan fingerprint density at radius 3 is 2.50 bits per heavy atom. The van der Waals surface area contributed by atoms with Crippen molar-refractivity contribution in [1.29, 1.82) is 0 Å². The van der Waals surface area contributed by atoms with Crippen molar-refractivity contribution in [3.05, 3.63) is 29.8 Å². The molecule has 78 valence electrons. The van der Waals surface area contributed by atoms with Gasteiger partial charge < -0.3 is 4.74 Å². The monoisotopic (exact) mass is 192 g/mol. The largest absolute Gasteiger partial charge is 0.491 e. The molecule has 0 N–H and O–H groups in total. The Balaban J connectivity index is 2.73. The third kappa shape index (κ3) is 3.06. The summed E-state index contributed by atoms with van der Waals surface area (Å²) in [6.45, 7) is 8.63. The van der Waals surface area contributed by atoms with Gasteiger partial charge in [-0.25, -0.2) is 0 Å². The highest BCUT2D eigenvalue weighted by molar-refractivity contribution is 5.30. The molecule has 1 aromatic rings. The lowest BCUT2D eigenvalue weighted by Gasteiger charge is -2.14. The molecule has 1 heteroatoms. The summed E-state index contributed by atoms with van der Waals surface area (Å²) in [6, 6.07) is 8.37. The van der Waals surface area contributed by atoms with Crippen LogP contribution >= 0.6 is 0 Å². The maximum Gasteiger partial charge on any atom is 0.119 e. The summed E-state index contributed by atoms with van der Waals surface area (Å²) in [7, 11) is 0. The molecule has 0 aliphatic heterocycles. The first-order chi connectivity index (χ1) is 6.63. The molecular weight excluding hydrogens is 172 g/mol. The van der Waals surface area contributed by atoms with Crippen LogP contribution in [-0.4, -0.2) is 6.10 Å². The molecular formula is C13H20O. The minimum atomic E-state index is 0.303. The van der Waals surface area contributed by atoms with Crippen LogP contribution in [0.1, 0.15) is 45.6 Å². The number of ether oxygens (including phenoxy) is 1. The number of rotatable bonds is 4. The van der Waals surface area contributed by atoms with E-state index in [1.54, 1.807) is 0 Å². The average molecular weight is 192 g/mol. The SMILES string of the molecule is CCC(C)Oc1cccc(C(C)C)c1. The zero-order chi connectivity index (χ0) is 10.6. The first-order valence-electron chi connectivity index (χ1n) is 5.40. The van der Waals surface area contributed by atoms with Gasteiger partial charge in [0.2, 0.25) is 0 Å². The van der Waals surface area contributed by atoms with Crippen LogP contribution in [0.4, 0.5) is 0 Å². The molecule has 0 heterocycles. The Labute approximate surface area is 87.1 Å². The maximum absolute atomic E-state index is 5.75. The normalized spacial score (nSPS) is 12.9. The van der Waals surface area contributed by atoms with Gasteiger partial charge in [0.05, 0.1) is 6.10 Å². The molecule has 0 saturated heterocycles. The summed E-state index contributed by atoms with van der Waals surface area (Å²) < 4.78 is 5.75. The Morgan fingerprint density at radius 1 is 1.21 bits per heavy atom. The van der Waals surface area contributed by atoms with E-state index in [-0.39, 0.29) is 0 Å². The van der Waals surface area contributed by atoms with Gasteiger partial charge in [-0.2, -0.15) is 0 Å². The smallest absolute Gasteiger partial charge is 0.119 e. The topological polar surface area (TPSA) is 9.23 Å². The molecule has 0 bridgehead atoms. The second kappa shape index (κ2) is 5.04. The van der Waals surface area contributed by atoms with Crippen LogP contribution in [0.25, 0.3) is 0 Å². The van der Waals surface area contributed by atoms with E-state index in [0.29, 0.717) is 12.0 Å². The summed E-state index contributed by atoms with van der Waals surface area (Å²) in [5.41, 5.74) is 1.34. The van der Waals surface area contributed by atoms with E-state index < -0.39 is 0 Å². The molecule has 14 heavy (non-hydrogen) atoms. The molecule has 1 atom stereocenters. The van der Waals surface area contributed by atoms with Crippen molar-refractivity contribution in [1.82, 2.24) is 0 Å². The third-order valence-electron chi connectivity index (χ3n) is 2.44. The lowest BCUT2D eigenvalue weighted by atomic mass is 10.0. The fourth-order valence-corrected chi connectivity index (χ4v) is 1.26. The quantitative estimate of drug-likeness (QED) is 0.701. The van der Waals surface area contributed by atoms with Crippen LogP contribution in [0.5, 0.6) is 5.75 Å². The predicted octanol–water partition coefficient (Wildman–Crippen LogP) is 3.99. The standard InChI is InChI=1S/C13H20O/c1-5-11(4)14-13-8-6-7-12(9-13)10(2)3/h6-11H,5H2,1-4H3. The molecule has 0 aliphatic rings. The van der Waals surface area contributed by atoms with Crippen molar-refractivity contribution in [3.8, 4) is 5.75 Å². The average Bonchev–Trinajstić information content (AvgIpc) is 2.18. The van der Waals surface area contributed by atoms with Crippen LogP contribution in [-0.2, 0) is 0 Å². The first kappa shape index (κ1) is 11.1. The molecule has 0 aliphatic carbocycles. The van der Waals surface area contributed by atoms with Crippen LogP contribution in [0, 0.1) is 0 Å². The van der Waals surface area contributed by atoms with Gasteiger partial charge in [-0.1, -0.05) is 32.9 Å². The zero-order valence-electron chi connectivity index (χ0n) is 9.58. The molecule has 0 spiro atoms. The molecule has 0 fully saturated rings. The van der Waals surface area contributed by atoms with E-state index in [9.17, 15) is 0 Å². The summed E-state index contributed by atoms with van der Waals surface area (Å²) in [5, 5.41) is 0. The summed E-state index contributed by atoms with van der Waals surface area (Å²) in [5.74, 6) is 1.56. The van der Waals surface area contributed by atoms with Crippen molar-refractivity contribution >= 4 is 0 Å². The fourth-order valence-electron chi connectivity index (χ4n) is 1.26. The Kier molecular flexibility index (Phi) is 3.99. The van der Waals surface area contributed by atoms with Crippen LogP contribution in [0.15, 0.2) is 24.3 Å². The minimum absolute atomic E-state index is 0.303. The molecule has 1 aromatic carbocycles. The number of benzene rings is 1. The lowest BCUT2D eigenvalue weighted by molar-refractivity contribution is 0.217. The number of hydrogen-bond donors (Lipinski definition) is 0. The van der Waals surface area contributed by atoms with E-state index in [0.717, 1.165) is 12.2 Å². The van der Waals surface area contributed by atoms with E-state index in [1.165, 1.54) is 5.56 Å². The second-order valence-corrected chi connectivity index (χ2v) is 4.06. The molecule has 0 saturated carbocycles. The summed E-state index contributed by atoms with van der Waals surface area (Å²) in [6.07, 6.45) is 1.35. The van der Waals surface area contributed by atoms with E-state index in [4.69, 9.17) is 4.74 Å². The number of hydrogen-bond acceptors (Lipinski definition) is 1. The van der Waals surface area contributed by atoms with Crippen molar-refractivity contribution in [2.24, 2.45) is 0 Å². The van der Waals surface area contributed by atoms with Crippen LogP contribution in [0.2, 0.25) is 0 Å². The second-order valence-electron chi connectivity index (χ2n) is 4.06. The van der Waals surface area contributed by atoms with Crippen molar-refractivity contribution in [2.45, 2.75) is 46.1 Å². The van der Waals surface area contributed by atoms with Gasteiger partial charge in [0.1, 0.15) is 5.75 Å². The van der Waals surface area contributed by atoms with E-state index >= 15 is 0 Å². The Morgan fingerprint density at radius 2 is 1.93 bits per heavy atom. The molecule has 1 rings (SSSR count).